The number of nitrogens with two attached hydrogens (primary N) is 1. The zero-order valence-corrected chi connectivity index (χ0v) is 8.55. The van der Waals surface area contributed by atoms with Crippen LogP contribution in [0.3, 0.4) is 0 Å². The summed E-state index contributed by atoms with van der Waals surface area (Å²) >= 11 is 1.81. The Hall–Kier alpha value is -0.710. The fourth-order valence-electron chi connectivity index (χ4n) is 1.58. The van der Waals surface area contributed by atoms with Crippen LogP contribution >= 0.6 is 11.8 Å². The van der Waals surface area contributed by atoms with Crippen molar-refractivity contribution in [1.82, 2.24) is 14.8 Å². The van der Waals surface area contributed by atoms with Gasteiger partial charge in [-0.25, -0.2) is 0 Å². The zero-order chi connectivity index (χ0) is 9.26. The molecular weight excluding hydrogens is 184 g/mol. The van der Waals surface area contributed by atoms with Crippen molar-refractivity contribution in [2.24, 2.45) is 7.05 Å². The Morgan fingerprint density at radius 2 is 2.08 bits per heavy atom. The molecule has 0 saturated heterocycles. The fourth-order valence-corrected chi connectivity index (χ4v) is 2.79. The Labute approximate surface area is 81.9 Å². The van der Waals surface area contributed by atoms with Crippen LogP contribution in [0.2, 0.25) is 0 Å². The summed E-state index contributed by atoms with van der Waals surface area (Å²) in [6.45, 7) is 0. The van der Waals surface area contributed by atoms with Gasteiger partial charge in [-0.15, -0.1) is 10.2 Å². The van der Waals surface area contributed by atoms with Crippen molar-refractivity contribution >= 4 is 17.7 Å². The Balaban J connectivity index is 2.04. The summed E-state index contributed by atoms with van der Waals surface area (Å²) in [4.78, 5) is 0. The molecule has 1 saturated carbocycles. The molecule has 1 aromatic rings. The van der Waals surface area contributed by atoms with Gasteiger partial charge >= 0.3 is 0 Å². The third kappa shape index (κ3) is 1.80. The average molecular weight is 198 g/mol. The first-order valence-corrected chi connectivity index (χ1v) is 5.47. The SMILES string of the molecule is Cn1c(N)nnc1SC1CCCC1. The van der Waals surface area contributed by atoms with Crippen molar-refractivity contribution in [3.05, 3.63) is 0 Å². The quantitative estimate of drug-likeness (QED) is 0.781. The van der Waals surface area contributed by atoms with Gasteiger partial charge in [0.1, 0.15) is 0 Å². The Morgan fingerprint density at radius 1 is 1.38 bits per heavy atom. The second-order valence-corrected chi connectivity index (χ2v) is 4.69. The van der Waals surface area contributed by atoms with Crippen molar-refractivity contribution in [2.45, 2.75) is 36.1 Å². The van der Waals surface area contributed by atoms with Gasteiger partial charge in [0.15, 0.2) is 5.16 Å². The number of aromatic nitrogens is 3. The first-order valence-electron chi connectivity index (χ1n) is 4.59. The Morgan fingerprint density at radius 3 is 2.62 bits per heavy atom. The van der Waals surface area contributed by atoms with E-state index in [1.54, 1.807) is 0 Å². The summed E-state index contributed by atoms with van der Waals surface area (Å²) < 4.78 is 1.85. The number of rotatable bonds is 2. The van der Waals surface area contributed by atoms with Crippen LogP contribution in [-0.4, -0.2) is 20.0 Å². The van der Waals surface area contributed by atoms with Crippen LogP contribution in [-0.2, 0) is 7.05 Å². The molecule has 0 aliphatic heterocycles. The van der Waals surface area contributed by atoms with Gasteiger partial charge in [0.2, 0.25) is 5.95 Å². The predicted molar refractivity (Wildman–Crippen MR) is 53.5 cm³/mol. The van der Waals surface area contributed by atoms with Crippen LogP contribution in [0.4, 0.5) is 5.95 Å². The first-order chi connectivity index (χ1) is 6.27. The highest BCUT2D eigenvalue weighted by Gasteiger charge is 2.19. The number of anilines is 1. The minimum Gasteiger partial charge on any atom is -0.368 e. The topological polar surface area (TPSA) is 56.7 Å². The predicted octanol–water partition coefficient (Wildman–Crippen LogP) is 1.43. The smallest absolute Gasteiger partial charge is 0.222 e. The van der Waals surface area contributed by atoms with E-state index in [1.165, 1.54) is 25.7 Å². The van der Waals surface area contributed by atoms with Gasteiger partial charge in [-0.1, -0.05) is 24.6 Å². The molecule has 0 bridgehead atoms. The maximum absolute atomic E-state index is 5.59. The molecule has 1 heterocycles. The van der Waals surface area contributed by atoms with Crippen LogP contribution in [0.5, 0.6) is 0 Å². The summed E-state index contributed by atoms with van der Waals surface area (Å²) in [6.07, 6.45) is 5.31. The zero-order valence-electron chi connectivity index (χ0n) is 7.73. The van der Waals surface area contributed by atoms with E-state index in [4.69, 9.17) is 5.73 Å². The van der Waals surface area contributed by atoms with Crippen molar-refractivity contribution in [2.75, 3.05) is 5.73 Å². The second-order valence-electron chi connectivity index (χ2n) is 3.42. The summed E-state index contributed by atoms with van der Waals surface area (Å²) in [5.41, 5.74) is 5.59. The molecule has 0 spiro atoms. The summed E-state index contributed by atoms with van der Waals surface area (Å²) in [6, 6.07) is 0. The van der Waals surface area contributed by atoms with Crippen LogP contribution in [0.1, 0.15) is 25.7 Å². The molecule has 0 aromatic carbocycles. The highest BCUT2D eigenvalue weighted by molar-refractivity contribution is 7.99. The van der Waals surface area contributed by atoms with Crippen LogP contribution in [0.15, 0.2) is 5.16 Å². The van der Waals surface area contributed by atoms with Crippen molar-refractivity contribution in [3.63, 3.8) is 0 Å². The minimum absolute atomic E-state index is 0.500. The lowest BCUT2D eigenvalue weighted by atomic mass is 10.4. The van der Waals surface area contributed by atoms with Gasteiger partial charge in [0.05, 0.1) is 0 Å². The molecule has 5 heteroatoms. The Kier molecular flexibility index (Phi) is 2.44. The number of thioether (sulfide) groups is 1. The molecule has 1 aliphatic rings. The maximum Gasteiger partial charge on any atom is 0.222 e. The minimum atomic E-state index is 0.500. The number of hydrogen-bond acceptors (Lipinski definition) is 4. The van der Waals surface area contributed by atoms with E-state index >= 15 is 0 Å². The van der Waals surface area contributed by atoms with Crippen LogP contribution in [0, 0.1) is 0 Å². The van der Waals surface area contributed by atoms with Gasteiger partial charge in [0.25, 0.3) is 0 Å². The van der Waals surface area contributed by atoms with Crippen molar-refractivity contribution in [3.8, 4) is 0 Å². The first kappa shape index (κ1) is 8.87. The molecule has 1 aromatic heterocycles. The lowest BCUT2D eigenvalue weighted by Gasteiger charge is -2.06. The summed E-state index contributed by atoms with van der Waals surface area (Å²) in [5.74, 6) is 0.500. The van der Waals surface area contributed by atoms with Gasteiger partial charge in [-0.3, -0.25) is 4.57 Å². The van der Waals surface area contributed by atoms with E-state index in [0.29, 0.717) is 5.95 Å². The molecule has 0 atom stereocenters. The molecule has 1 aliphatic carbocycles. The highest BCUT2D eigenvalue weighted by atomic mass is 32.2. The number of hydrogen-bond donors (Lipinski definition) is 1. The molecule has 2 rings (SSSR count). The average Bonchev–Trinajstić information content (AvgIpc) is 2.71. The molecule has 2 N–H and O–H groups in total. The molecule has 0 radical (unpaired) electrons. The lowest BCUT2D eigenvalue weighted by molar-refractivity contribution is 0.785. The molecule has 72 valence electrons. The standard InChI is InChI=1S/C8H14N4S/c1-12-7(9)10-11-8(12)13-6-4-2-3-5-6/h6H,2-5H2,1H3,(H2,9,10). The van der Waals surface area contributed by atoms with E-state index in [1.807, 2.05) is 23.4 Å². The molecule has 0 unspecified atom stereocenters. The van der Waals surface area contributed by atoms with E-state index < -0.39 is 0 Å². The lowest BCUT2D eigenvalue weighted by Crippen LogP contribution is -2.01. The van der Waals surface area contributed by atoms with Crippen molar-refractivity contribution < 1.29 is 0 Å². The Bertz CT molecular complexity index is 290. The summed E-state index contributed by atoms with van der Waals surface area (Å²) in [5, 5.41) is 9.53. The fraction of sp³-hybridized carbons (Fsp3) is 0.750. The summed E-state index contributed by atoms with van der Waals surface area (Å²) in [7, 11) is 1.91. The number of nitrogens with zero attached hydrogens (tertiary/aromatic N) is 3. The molecular formula is C8H14N4S. The molecule has 4 nitrogen and oxygen atoms in total. The normalized spacial score (nSPS) is 18.2. The monoisotopic (exact) mass is 198 g/mol. The third-order valence-corrected chi connectivity index (χ3v) is 3.81. The number of nitrogen functional groups attached to an aromatic ring is 1. The maximum atomic E-state index is 5.59. The molecule has 1 fully saturated rings. The molecule has 0 amide bonds. The largest absolute Gasteiger partial charge is 0.368 e. The van der Waals surface area contributed by atoms with Crippen LogP contribution < -0.4 is 5.73 Å². The van der Waals surface area contributed by atoms with Gasteiger partial charge in [-0.05, 0) is 12.8 Å². The van der Waals surface area contributed by atoms with E-state index in [0.717, 1.165) is 10.4 Å². The van der Waals surface area contributed by atoms with E-state index in [9.17, 15) is 0 Å². The van der Waals surface area contributed by atoms with Gasteiger partial charge < -0.3 is 5.73 Å². The molecule has 13 heavy (non-hydrogen) atoms. The van der Waals surface area contributed by atoms with Crippen LogP contribution in [0.25, 0.3) is 0 Å². The third-order valence-electron chi connectivity index (χ3n) is 2.44. The van der Waals surface area contributed by atoms with E-state index in [2.05, 4.69) is 10.2 Å². The van der Waals surface area contributed by atoms with Gasteiger partial charge in [-0.2, -0.15) is 0 Å². The van der Waals surface area contributed by atoms with Gasteiger partial charge in [0, 0.05) is 12.3 Å². The van der Waals surface area contributed by atoms with Crippen molar-refractivity contribution in [1.29, 1.82) is 0 Å². The van der Waals surface area contributed by atoms with E-state index in [-0.39, 0.29) is 0 Å². The second kappa shape index (κ2) is 3.57. The highest BCUT2D eigenvalue weighted by Crippen LogP contribution is 2.33.